The largest absolute Gasteiger partial charge is 0.444 e. The molecule has 0 bridgehead atoms. The third-order valence-corrected chi connectivity index (χ3v) is 4.84. The first-order chi connectivity index (χ1) is 14.6. The SMILES string of the molecule is CC(=O)NC1CCc2ccccc2N(Cc2cccc(NC(=O)OC(C)(C)C)c2)C1=O. The highest BCUT2D eigenvalue weighted by molar-refractivity contribution is 6.00. The van der Waals surface area contributed by atoms with Crippen LogP contribution in [0.3, 0.4) is 0 Å². The molecule has 0 spiro atoms. The third-order valence-electron chi connectivity index (χ3n) is 4.84. The zero-order chi connectivity index (χ0) is 22.6. The van der Waals surface area contributed by atoms with E-state index in [1.54, 1.807) is 31.7 Å². The number of fused-ring (bicyclic) bond motifs is 1. The Kier molecular flexibility index (Phi) is 6.63. The van der Waals surface area contributed by atoms with E-state index < -0.39 is 17.7 Å². The van der Waals surface area contributed by atoms with Gasteiger partial charge in [-0.05, 0) is 62.9 Å². The number of para-hydroxylation sites is 1. The van der Waals surface area contributed by atoms with Crippen LogP contribution in [-0.4, -0.2) is 29.6 Å². The Balaban J connectivity index is 1.84. The number of carbonyl (C=O) groups excluding carboxylic acids is 3. The van der Waals surface area contributed by atoms with Crippen LogP contribution in [0.4, 0.5) is 16.2 Å². The number of benzene rings is 2. The zero-order valence-electron chi connectivity index (χ0n) is 18.4. The molecule has 7 nitrogen and oxygen atoms in total. The number of rotatable bonds is 4. The summed E-state index contributed by atoms with van der Waals surface area (Å²) in [6.07, 6.45) is 0.710. The summed E-state index contributed by atoms with van der Waals surface area (Å²) in [7, 11) is 0. The molecule has 0 aromatic heterocycles. The van der Waals surface area contributed by atoms with E-state index in [9.17, 15) is 14.4 Å². The van der Waals surface area contributed by atoms with Crippen LogP contribution >= 0.6 is 0 Å². The van der Waals surface area contributed by atoms with Crippen LogP contribution in [0, 0.1) is 0 Å². The predicted molar refractivity (Wildman–Crippen MR) is 120 cm³/mol. The molecule has 3 rings (SSSR count). The Morgan fingerprint density at radius 1 is 1.13 bits per heavy atom. The molecule has 164 valence electrons. The minimum Gasteiger partial charge on any atom is -0.444 e. The summed E-state index contributed by atoms with van der Waals surface area (Å²) < 4.78 is 5.31. The Morgan fingerprint density at radius 3 is 2.58 bits per heavy atom. The van der Waals surface area contributed by atoms with E-state index in [1.807, 2.05) is 42.5 Å². The number of amides is 3. The van der Waals surface area contributed by atoms with Gasteiger partial charge in [-0.15, -0.1) is 0 Å². The molecule has 3 amide bonds. The maximum Gasteiger partial charge on any atom is 0.412 e. The van der Waals surface area contributed by atoms with E-state index in [4.69, 9.17) is 4.74 Å². The van der Waals surface area contributed by atoms with E-state index in [0.717, 1.165) is 16.8 Å². The molecule has 0 radical (unpaired) electrons. The van der Waals surface area contributed by atoms with Crippen molar-refractivity contribution in [2.24, 2.45) is 0 Å². The van der Waals surface area contributed by atoms with E-state index in [-0.39, 0.29) is 11.8 Å². The van der Waals surface area contributed by atoms with Gasteiger partial charge in [0, 0.05) is 18.3 Å². The fraction of sp³-hybridized carbons (Fsp3) is 0.375. The maximum absolute atomic E-state index is 13.3. The van der Waals surface area contributed by atoms with Crippen molar-refractivity contribution in [3.05, 3.63) is 59.7 Å². The second-order valence-electron chi connectivity index (χ2n) is 8.67. The molecule has 1 aliphatic rings. The molecule has 1 heterocycles. The van der Waals surface area contributed by atoms with Crippen LogP contribution < -0.4 is 15.5 Å². The minimum atomic E-state index is -0.595. The normalized spacial score (nSPS) is 16.2. The van der Waals surface area contributed by atoms with E-state index in [1.165, 1.54) is 6.92 Å². The van der Waals surface area contributed by atoms with Crippen LogP contribution in [0.1, 0.15) is 45.2 Å². The molecule has 1 unspecified atom stereocenters. The first-order valence-electron chi connectivity index (χ1n) is 10.4. The van der Waals surface area contributed by atoms with E-state index >= 15 is 0 Å². The molecule has 1 atom stereocenters. The highest BCUT2D eigenvalue weighted by atomic mass is 16.6. The standard InChI is InChI=1S/C24H29N3O4/c1-16(28)25-20-13-12-18-9-5-6-11-21(18)27(22(20)29)15-17-8-7-10-19(14-17)26-23(30)31-24(2,3)4/h5-11,14,20H,12-13,15H2,1-4H3,(H,25,28)(H,26,30). The van der Waals surface area contributed by atoms with Gasteiger partial charge < -0.3 is 15.0 Å². The summed E-state index contributed by atoms with van der Waals surface area (Å²) in [5.74, 6) is -0.376. The van der Waals surface area contributed by atoms with Gasteiger partial charge in [-0.3, -0.25) is 14.9 Å². The van der Waals surface area contributed by atoms with Crippen molar-refractivity contribution >= 4 is 29.3 Å². The highest BCUT2D eigenvalue weighted by Gasteiger charge is 2.30. The number of nitrogens with one attached hydrogen (secondary N) is 2. The molecule has 0 saturated heterocycles. The lowest BCUT2D eigenvalue weighted by Crippen LogP contribution is -2.47. The monoisotopic (exact) mass is 423 g/mol. The van der Waals surface area contributed by atoms with Crippen LogP contribution in [0.15, 0.2) is 48.5 Å². The van der Waals surface area contributed by atoms with Crippen molar-refractivity contribution in [2.75, 3.05) is 10.2 Å². The average Bonchev–Trinajstić information content (AvgIpc) is 2.79. The van der Waals surface area contributed by atoms with Gasteiger partial charge in [0.15, 0.2) is 0 Å². The van der Waals surface area contributed by atoms with Gasteiger partial charge in [-0.1, -0.05) is 30.3 Å². The van der Waals surface area contributed by atoms with E-state index in [0.29, 0.717) is 25.1 Å². The van der Waals surface area contributed by atoms with Gasteiger partial charge in [0.1, 0.15) is 11.6 Å². The first-order valence-corrected chi connectivity index (χ1v) is 10.4. The molecular weight excluding hydrogens is 394 g/mol. The summed E-state index contributed by atoms with van der Waals surface area (Å²) in [6.45, 7) is 7.14. The molecule has 0 fully saturated rings. The third kappa shape index (κ3) is 6.07. The van der Waals surface area contributed by atoms with E-state index in [2.05, 4.69) is 10.6 Å². The first kappa shape index (κ1) is 22.3. The molecule has 7 heteroatoms. The Bertz CT molecular complexity index is 981. The fourth-order valence-electron chi connectivity index (χ4n) is 3.61. The zero-order valence-corrected chi connectivity index (χ0v) is 18.4. The Hall–Kier alpha value is -3.35. The highest BCUT2D eigenvalue weighted by Crippen LogP contribution is 2.29. The molecular formula is C24H29N3O4. The second kappa shape index (κ2) is 9.20. The Morgan fingerprint density at radius 2 is 1.87 bits per heavy atom. The topological polar surface area (TPSA) is 87.7 Å². The number of aryl methyl sites for hydroxylation is 1. The molecule has 2 aromatic carbocycles. The van der Waals surface area contributed by atoms with Crippen molar-refractivity contribution in [2.45, 2.75) is 58.7 Å². The summed E-state index contributed by atoms with van der Waals surface area (Å²) in [5.41, 5.74) is 2.74. The van der Waals surface area contributed by atoms with Crippen LogP contribution in [-0.2, 0) is 27.3 Å². The lowest BCUT2D eigenvalue weighted by molar-refractivity contribution is -0.126. The van der Waals surface area contributed by atoms with Crippen molar-refractivity contribution in [3.63, 3.8) is 0 Å². The van der Waals surface area contributed by atoms with Crippen molar-refractivity contribution in [1.29, 1.82) is 0 Å². The minimum absolute atomic E-state index is 0.148. The molecule has 2 aromatic rings. The maximum atomic E-state index is 13.3. The summed E-state index contributed by atoms with van der Waals surface area (Å²) in [5, 5.41) is 5.51. The lowest BCUT2D eigenvalue weighted by atomic mass is 10.1. The molecule has 2 N–H and O–H groups in total. The molecule has 1 aliphatic heterocycles. The summed E-state index contributed by atoms with van der Waals surface area (Å²) >= 11 is 0. The summed E-state index contributed by atoms with van der Waals surface area (Å²) in [6, 6.07) is 14.5. The molecule has 0 saturated carbocycles. The van der Waals surface area contributed by atoms with Gasteiger partial charge in [-0.25, -0.2) is 4.79 Å². The van der Waals surface area contributed by atoms with Crippen molar-refractivity contribution < 1.29 is 19.1 Å². The fourth-order valence-corrected chi connectivity index (χ4v) is 3.61. The number of nitrogens with zero attached hydrogens (tertiary/aromatic N) is 1. The van der Waals surface area contributed by atoms with Crippen molar-refractivity contribution in [3.8, 4) is 0 Å². The number of hydrogen-bond acceptors (Lipinski definition) is 4. The molecule has 31 heavy (non-hydrogen) atoms. The number of anilines is 2. The second-order valence-corrected chi connectivity index (χ2v) is 8.67. The van der Waals surface area contributed by atoms with Crippen molar-refractivity contribution in [1.82, 2.24) is 5.32 Å². The quantitative estimate of drug-likeness (QED) is 0.778. The van der Waals surface area contributed by atoms with Gasteiger partial charge in [-0.2, -0.15) is 0 Å². The van der Waals surface area contributed by atoms with Crippen LogP contribution in [0.5, 0.6) is 0 Å². The van der Waals surface area contributed by atoms with Crippen LogP contribution in [0.25, 0.3) is 0 Å². The van der Waals surface area contributed by atoms with Gasteiger partial charge in [0.05, 0.1) is 6.54 Å². The predicted octanol–water partition coefficient (Wildman–Crippen LogP) is 4.02. The van der Waals surface area contributed by atoms with Gasteiger partial charge in [0.2, 0.25) is 11.8 Å². The van der Waals surface area contributed by atoms with Gasteiger partial charge >= 0.3 is 6.09 Å². The molecule has 0 aliphatic carbocycles. The lowest BCUT2D eigenvalue weighted by Gasteiger charge is -2.26. The number of carbonyl (C=O) groups is 3. The number of ether oxygens (including phenoxy) is 1. The number of hydrogen-bond donors (Lipinski definition) is 2. The van der Waals surface area contributed by atoms with Gasteiger partial charge in [0.25, 0.3) is 0 Å². The summed E-state index contributed by atoms with van der Waals surface area (Å²) in [4.78, 5) is 38.7. The Labute approximate surface area is 182 Å². The van der Waals surface area contributed by atoms with Crippen LogP contribution in [0.2, 0.25) is 0 Å². The smallest absolute Gasteiger partial charge is 0.412 e. The average molecular weight is 424 g/mol.